The third-order valence-corrected chi connectivity index (χ3v) is 3.12. The quantitative estimate of drug-likeness (QED) is 0.753. The first kappa shape index (κ1) is 13.6. The van der Waals surface area contributed by atoms with E-state index in [2.05, 4.69) is 15.6 Å². The van der Waals surface area contributed by atoms with Gasteiger partial charge in [-0.3, -0.25) is 4.98 Å². The predicted molar refractivity (Wildman–Crippen MR) is 85.5 cm³/mol. The van der Waals surface area contributed by atoms with Crippen molar-refractivity contribution in [3.8, 4) is 6.07 Å². The molecule has 5 heteroatoms. The van der Waals surface area contributed by atoms with Crippen molar-refractivity contribution >= 4 is 28.3 Å². The molecule has 3 rings (SSSR count). The number of hydrogen-bond donors (Lipinski definition) is 2. The molecule has 22 heavy (non-hydrogen) atoms. The van der Waals surface area contributed by atoms with E-state index >= 15 is 0 Å². The molecule has 0 aliphatic heterocycles. The Hall–Kier alpha value is -3.39. The Balaban J connectivity index is 1.71. The molecule has 0 bridgehead atoms. The minimum Gasteiger partial charge on any atom is -0.308 e. The lowest BCUT2D eigenvalue weighted by molar-refractivity contribution is 0.262. The number of fused-ring (bicyclic) bond motifs is 1. The zero-order valence-electron chi connectivity index (χ0n) is 11.6. The standard InChI is InChI=1S/C17H12N4O/c18-10-12-5-7-14(8-6-12)20-17(22)21-15-9-13-3-1-2-4-16(13)19-11-15/h1-9,11H,(H2,20,21,22). The van der Waals surface area contributed by atoms with Gasteiger partial charge in [-0.25, -0.2) is 4.79 Å². The van der Waals surface area contributed by atoms with Crippen molar-refractivity contribution in [2.24, 2.45) is 0 Å². The molecule has 1 heterocycles. The molecule has 0 saturated heterocycles. The summed E-state index contributed by atoms with van der Waals surface area (Å²) in [6, 6.07) is 17.9. The summed E-state index contributed by atoms with van der Waals surface area (Å²) in [4.78, 5) is 16.2. The van der Waals surface area contributed by atoms with Crippen molar-refractivity contribution in [1.29, 1.82) is 5.26 Å². The van der Waals surface area contributed by atoms with E-state index < -0.39 is 0 Å². The molecule has 0 fully saturated rings. The fraction of sp³-hybridized carbons (Fsp3) is 0. The predicted octanol–water partition coefficient (Wildman–Crippen LogP) is 3.75. The molecule has 106 valence electrons. The maximum absolute atomic E-state index is 12.0. The molecule has 3 aromatic rings. The van der Waals surface area contributed by atoms with Gasteiger partial charge in [0.05, 0.1) is 29.0 Å². The number of carbonyl (C=O) groups is 1. The van der Waals surface area contributed by atoms with E-state index in [1.807, 2.05) is 36.4 Å². The summed E-state index contributed by atoms with van der Waals surface area (Å²) in [6.45, 7) is 0. The Morgan fingerprint density at radius 1 is 1.00 bits per heavy atom. The van der Waals surface area contributed by atoms with Crippen molar-refractivity contribution in [2.75, 3.05) is 10.6 Å². The minimum absolute atomic E-state index is 0.359. The topological polar surface area (TPSA) is 77.8 Å². The van der Waals surface area contributed by atoms with Gasteiger partial charge in [0.2, 0.25) is 0 Å². The molecule has 0 unspecified atom stereocenters. The van der Waals surface area contributed by atoms with E-state index in [9.17, 15) is 4.79 Å². The number of para-hydroxylation sites is 1. The molecule has 0 aliphatic rings. The lowest BCUT2D eigenvalue weighted by Gasteiger charge is -2.08. The summed E-state index contributed by atoms with van der Waals surface area (Å²) in [5.41, 5.74) is 2.65. The monoisotopic (exact) mass is 288 g/mol. The van der Waals surface area contributed by atoms with E-state index in [-0.39, 0.29) is 6.03 Å². The third-order valence-electron chi connectivity index (χ3n) is 3.12. The van der Waals surface area contributed by atoms with Gasteiger partial charge in [-0.05, 0) is 36.4 Å². The number of nitriles is 1. The van der Waals surface area contributed by atoms with Crippen molar-refractivity contribution in [3.05, 3.63) is 66.4 Å². The normalized spacial score (nSPS) is 9.95. The number of amides is 2. The fourth-order valence-corrected chi connectivity index (χ4v) is 2.06. The second-order valence-corrected chi connectivity index (χ2v) is 4.68. The van der Waals surface area contributed by atoms with E-state index in [0.717, 1.165) is 10.9 Å². The molecule has 2 N–H and O–H groups in total. The van der Waals surface area contributed by atoms with Crippen LogP contribution in [-0.4, -0.2) is 11.0 Å². The number of nitrogens with zero attached hydrogens (tertiary/aromatic N) is 2. The maximum Gasteiger partial charge on any atom is 0.323 e. The van der Waals surface area contributed by atoms with Crippen molar-refractivity contribution < 1.29 is 4.79 Å². The highest BCUT2D eigenvalue weighted by Crippen LogP contribution is 2.16. The number of anilines is 2. The Morgan fingerprint density at radius 3 is 2.50 bits per heavy atom. The van der Waals surface area contributed by atoms with Crippen LogP contribution in [-0.2, 0) is 0 Å². The molecule has 0 aliphatic carbocycles. The van der Waals surface area contributed by atoms with Crippen LogP contribution in [0.3, 0.4) is 0 Å². The second-order valence-electron chi connectivity index (χ2n) is 4.68. The highest BCUT2D eigenvalue weighted by Gasteiger charge is 2.04. The van der Waals surface area contributed by atoms with Gasteiger partial charge in [0.1, 0.15) is 0 Å². The molecular weight excluding hydrogens is 276 g/mol. The number of benzene rings is 2. The van der Waals surface area contributed by atoms with E-state index in [1.54, 1.807) is 30.5 Å². The number of pyridine rings is 1. The zero-order chi connectivity index (χ0) is 15.4. The Morgan fingerprint density at radius 2 is 1.73 bits per heavy atom. The molecule has 2 aromatic carbocycles. The summed E-state index contributed by atoms with van der Waals surface area (Å²) in [6.07, 6.45) is 1.61. The molecule has 0 spiro atoms. The molecule has 0 radical (unpaired) electrons. The summed E-state index contributed by atoms with van der Waals surface area (Å²) in [5.74, 6) is 0. The van der Waals surface area contributed by atoms with Crippen LogP contribution < -0.4 is 10.6 Å². The van der Waals surface area contributed by atoms with Gasteiger partial charge in [-0.15, -0.1) is 0 Å². The number of aromatic nitrogens is 1. The summed E-state index contributed by atoms with van der Waals surface area (Å²) in [7, 11) is 0. The van der Waals surface area contributed by atoms with Crippen LogP contribution in [0.25, 0.3) is 10.9 Å². The minimum atomic E-state index is -0.359. The summed E-state index contributed by atoms with van der Waals surface area (Å²) >= 11 is 0. The lowest BCUT2D eigenvalue weighted by atomic mass is 10.2. The van der Waals surface area contributed by atoms with E-state index in [1.165, 1.54) is 0 Å². The van der Waals surface area contributed by atoms with Crippen molar-refractivity contribution in [1.82, 2.24) is 4.98 Å². The zero-order valence-corrected chi connectivity index (χ0v) is 11.6. The van der Waals surface area contributed by atoms with Crippen molar-refractivity contribution in [2.45, 2.75) is 0 Å². The summed E-state index contributed by atoms with van der Waals surface area (Å²) < 4.78 is 0. The molecule has 5 nitrogen and oxygen atoms in total. The van der Waals surface area contributed by atoms with Crippen LogP contribution in [0.4, 0.5) is 16.2 Å². The number of nitrogens with one attached hydrogen (secondary N) is 2. The van der Waals surface area contributed by atoms with Gasteiger partial charge >= 0.3 is 6.03 Å². The van der Waals surface area contributed by atoms with E-state index in [4.69, 9.17) is 5.26 Å². The molecule has 1 aromatic heterocycles. The van der Waals surface area contributed by atoms with Gasteiger partial charge in [-0.2, -0.15) is 5.26 Å². The van der Waals surface area contributed by atoms with Gasteiger partial charge in [0.15, 0.2) is 0 Å². The van der Waals surface area contributed by atoms with Gasteiger partial charge in [-0.1, -0.05) is 18.2 Å². The Kier molecular flexibility index (Phi) is 3.67. The van der Waals surface area contributed by atoms with Crippen molar-refractivity contribution in [3.63, 3.8) is 0 Å². The largest absolute Gasteiger partial charge is 0.323 e. The average Bonchev–Trinajstić information content (AvgIpc) is 2.55. The molecule has 2 amide bonds. The highest BCUT2D eigenvalue weighted by molar-refractivity contribution is 6.00. The van der Waals surface area contributed by atoms with Crippen LogP contribution in [0.2, 0.25) is 0 Å². The molecule has 0 saturated carbocycles. The SMILES string of the molecule is N#Cc1ccc(NC(=O)Nc2cnc3ccccc3c2)cc1. The van der Waals surface area contributed by atoms with Crippen LogP contribution >= 0.6 is 0 Å². The smallest absolute Gasteiger partial charge is 0.308 e. The lowest BCUT2D eigenvalue weighted by Crippen LogP contribution is -2.19. The first-order valence-electron chi connectivity index (χ1n) is 6.67. The van der Waals surface area contributed by atoms with Gasteiger partial charge < -0.3 is 10.6 Å². The second kappa shape index (κ2) is 5.94. The van der Waals surface area contributed by atoms with Crippen LogP contribution in [0.15, 0.2) is 60.8 Å². The maximum atomic E-state index is 12.0. The van der Waals surface area contributed by atoms with Crippen LogP contribution in [0, 0.1) is 11.3 Å². The van der Waals surface area contributed by atoms with Gasteiger partial charge in [0.25, 0.3) is 0 Å². The molecule has 0 atom stereocenters. The third kappa shape index (κ3) is 3.02. The molecular formula is C17H12N4O. The average molecular weight is 288 g/mol. The summed E-state index contributed by atoms with van der Waals surface area (Å²) in [5, 5.41) is 15.1. The number of rotatable bonds is 2. The van der Waals surface area contributed by atoms with Crippen LogP contribution in [0.1, 0.15) is 5.56 Å². The fourth-order valence-electron chi connectivity index (χ4n) is 2.06. The number of hydrogen-bond acceptors (Lipinski definition) is 3. The first-order chi connectivity index (χ1) is 10.7. The Labute approximate surface area is 127 Å². The van der Waals surface area contributed by atoms with Gasteiger partial charge in [0, 0.05) is 11.1 Å². The first-order valence-corrected chi connectivity index (χ1v) is 6.67. The highest BCUT2D eigenvalue weighted by atomic mass is 16.2. The number of urea groups is 1. The Bertz CT molecular complexity index is 866. The van der Waals surface area contributed by atoms with Crippen LogP contribution in [0.5, 0.6) is 0 Å². The van der Waals surface area contributed by atoms with E-state index in [0.29, 0.717) is 16.9 Å². The number of carbonyl (C=O) groups excluding carboxylic acids is 1.